The molecule has 0 saturated heterocycles. The molecular weight excluding hydrogens is 505 g/mol. The summed E-state index contributed by atoms with van der Waals surface area (Å²) in [6.45, 7) is -2.44. The number of aliphatic imine (C=N–C) groups is 1. The number of nitrogens with one attached hydrogen (secondary N) is 2. The Labute approximate surface area is 183 Å². The van der Waals surface area contributed by atoms with E-state index in [-0.39, 0.29) is 36.3 Å². The zero-order valence-electron chi connectivity index (χ0n) is 15.8. The van der Waals surface area contributed by atoms with Crippen molar-refractivity contribution in [3.8, 4) is 11.5 Å². The maximum absolute atomic E-state index is 13.2. The smallest absolute Gasteiger partial charge is 0.387 e. The average molecular weight is 527 g/mol. The van der Waals surface area contributed by atoms with Crippen LogP contribution in [0.25, 0.3) is 0 Å². The van der Waals surface area contributed by atoms with E-state index in [1.54, 1.807) is 13.1 Å². The standard InChI is InChI=1S/C19H21F4N3O2.HI/c1-24-19(25-6-5-12-7-14(20)10-15(21)8-12)26-11-13-9-16(27-2)3-4-17(13)28-18(22)23;/h3-4,7-10,18H,5-6,11H2,1-2H3,(H2,24,25,26);1H. The highest BCUT2D eigenvalue weighted by atomic mass is 127. The van der Waals surface area contributed by atoms with Crippen LogP contribution in [0.2, 0.25) is 0 Å². The summed E-state index contributed by atoms with van der Waals surface area (Å²) in [5.74, 6) is -0.365. The number of hydrogen-bond donors (Lipinski definition) is 2. The zero-order chi connectivity index (χ0) is 20.5. The Kier molecular flexibility index (Phi) is 10.6. The van der Waals surface area contributed by atoms with Crippen LogP contribution in [-0.2, 0) is 13.0 Å². The van der Waals surface area contributed by atoms with Gasteiger partial charge in [-0.05, 0) is 42.3 Å². The molecule has 0 atom stereocenters. The Hall–Kier alpha value is -2.24. The quantitative estimate of drug-likeness (QED) is 0.235. The molecule has 0 aromatic heterocycles. The van der Waals surface area contributed by atoms with Gasteiger partial charge in [0, 0.05) is 31.8 Å². The summed E-state index contributed by atoms with van der Waals surface area (Å²) in [6, 6.07) is 7.82. The topological polar surface area (TPSA) is 54.9 Å². The molecule has 0 heterocycles. The number of ether oxygens (including phenoxy) is 2. The lowest BCUT2D eigenvalue weighted by atomic mass is 10.1. The van der Waals surface area contributed by atoms with Crippen LogP contribution < -0.4 is 20.1 Å². The molecule has 29 heavy (non-hydrogen) atoms. The summed E-state index contributed by atoms with van der Waals surface area (Å²) in [5.41, 5.74) is 0.954. The normalized spacial score (nSPS) is 11.1. The van der Waals surface area contributed by atoms with Crippen molar-refractivity contribution in [2.24, 2.45) is 4.99 Å². The van der Waals surface area contributed by atoms with Gasteiger partial charge in [-0.3, -0.25) is 4.99 Å². The molecule has 2 N–H and O–H groups in total. The Bertz CT molecular complexity index is 802. The molecule has 2 rings (SSSR count). The molecule has 160 valence electrons. The Morgan fingerprint density at radius 3 is 2.34 bits per heavy atom. The van der Waals surface area contributed by atoms with E-state index in [0.717, 1.165) is 6.07 Å². The lowest BCUT2D eigenvalue weighted by molar-refractivity contribution is -0.0505. The second-order valence-electron chi connectivity index (χ2n) is 5.73. The van der Waals surface area contributed by atoms with E-state index in [1.165, 1.54) is 31.4 Å². The molecule has 0 fully saturated rings. The molecule has 2 aromatic rings. The van der Waals surface area contributed by atoms with Gasteiger partial charge in [-0.2, -0.15) is 8.78 Å². The van der Waals surface area contributed by atoms with E-state index < -0.39 is 18.2 Å². The third-order valence-corrected chi connectivity index (χ3v) is 3.78. The number of methoxy groups -OCH3 is 1. The Morgan fingerprint density at radius 1 is 1.07 bits per heavy atom. The predicted octanol–water partition coefficient (Wildman–Crippen LogP) is 4.10. The summed E-state index contributed by atoms with van der Waals surface area (Å²) in [4.78, 5) is 4.03. The van der Waals surface area contributed by atoms with Gasteiger partial charge in [0.1, 0.15) is 23.1 Å². The maximum Gasteiger partial charge on any atom is 0.387 e. The minimum Gasteiger partial charge on any atom is -0.497 e. The van der Waals surface area contributed by atoms with Gasteiger partial charge in [0.05, 0.1) is 7.11 Å². The first-order chi connectivity index (χ1) is 13.4. The molecule has 0 amide bonds. The van der Waals surface area contributed by atoms with Crippen molar-refractivity contribution in [2.75, 3.05) is 20.7 Å². The van der Waals surface area contributed by atoms with Crippen molar-refractivity contribution < 1.29 is 27.0 Å². The lowest BCUT2D eigenvalue weighted by Crippen LogP contribution is -2.38. The molecule has 0 bridgehead atoms. The van der Waals surface area contributed by atoms with Crippen LogP contribution in [0.4, 0.5) is 17.6 Å². The zero-order valence-corrected chi connectivity index (χ0v) is 18.2. The number of guanidine groups is 1. The van der Waals surface area contributed by atoms with Crippen molar-refractivity contribution >= 4 is 29.9 Å². The van der Waals surface area contributed by atoms with Crippen molar-refractivity contribution in [1.82, 2.24) is 10.6 Å². The first-order valence-corrected chi connectivity index (χ1v) is 8.42. The summed E-state index contributed by atoms with van der Waals surface area (Å²) >= 11 is 0. The van der Waals surface area contributed by atoms with Crippen LogP contribution in [0, 0.1) is 11.6 Å². The van der Waals surface area contributed by atoms with Crippen molar-refractivity contribution in [3.63, 3.8) is 0 Å². The van der Waals surface area contributed by atoms with E-state index in [1.807, 2.05) is 0 Å². The number of hydrogen-bond acceptors (Lipinski definition) is 3. The molecule has 0 saturated carbocycles. The van der Waals surface area contributed by atoms with Crippen LogP contribution in [0.15, 0.2) is 41.4 Å². The molecule has 0 aliphatic rings. The first kappa shape index (κ1) is 24.8. The SMILES string of the molecule is CN=C(NCCc1cc(F)cc(F)c1)NCc1cc(OC)ccc1OC(F)F.I. The molecule has 10 heteroatoms. The van der Waals surface area contributed by atoms with Gasteiger partial charge >= 0.3 is 6.61 Å². The largest absolute Gasteiger partial charge is 0.497 e. The van der Waals surface area contributed by atoms with Gasteiger partial charge in [0.25, 0.3) is 0 Å². The molecule has 0 unspecified atom stereocenters. The predicted molar refractivity (Wildman–Crippen MR) is 113 cm³/mol. The van der Waals surface area contributed by atoms with E-state index in [0.29, 0.717) is 35.8 Å². The molecule has 0 spiro atoms. The number of halogens is 5. The van der Waals surface area contributed by atoms with Gasteiger partial charge in [-0.15, -0.1) is 24.0 Å². The van der Waals surface area contributed by atoms with E-state index in [2.05, 4.69) is 20.4 Å². The van der Waals surface area contributed by atoms with Crippen molar-refractivity contribution in [2.45, 2.75) is 19.6 Å². The third-order valence-electron chi connectivity index (χ3n) is 3.78. The summed E-state index contributed by atoms with van der Waals surface area (Å²) in [5, 5.41) is 5.96. The molecule has 5 nitrogen and oxygen atoms in total. The van der Waals surface area contributed by atoms with Crippen molar-refractivity contribution in [3.05, 3.63) is 59.2 Å². The Balaban J connectivity index is 0.00000420. The van der Waals surface area contributed by atoms with Gasteiger partial charge in [-0.1, -0.05) is 0 Å². The summed E-state index contributed by atoms with van der Waals surface area (Å²) in [7, 11) is 3.01. The van der Waals surface area contributed by atoms with Gasteiger partial charge in [0.2, 0.25) is 0 Å². The van der Waals surface area contributed by atoms with Crippen molar-refractivity contribution in [1.29, 1.82) is 0 Å². The summed E-state index contributed by atoms with van der Waals surface area (Å²) < 4.78 is 61.2. The van der Waals surface area contributed by atoms with Gasteiger partial charge < -0.3 is 20.1 Å². The van der Waals surface area contributed by atoms with Gasteiger partial charge in [-0.25, -0.2) is 8.78 Å². The molecule has 2 aromatic carbocycles. The molecular formula is C19H22F4IN3O2. The second kappa shape index (κ2) is 12.3. The highest BCUT2D eigenvalue weighted by molar-refractivity contribution is 14.0. The monoisotopic (exact) mass is 527 g/mol. The van der Waals surface area contributed by atoms with Crippen LogP contribution in [-0.4, -0.2) is 33.3 Å². The van der Waals surface area contributed by atoms with Crippen LogP contribution in [0.1, 0.15) is 11.1 Å². The number of nitrogens with zero attached hydrogens (tertiary/aromatic N) is 1. The number of rotatable bonds is 8. The van der Waals surface area contributed by atoms with E-state index in [4.69, 9.17) is 4.74 Å². The molecule has 0 aliphatic heterocycles. The Morgan fingerprint density at radius 2 is 1.76 bits per heavy atom. The third kappa shape index (κ3) is 8.34. The summed E-state index contributed by atoms with van der Waals surface area (Å²) in [6.07, 6.45) is 0.369. The number of alkyl halides is 2. The average Bonchev–Trinajstić information content (AvgIpc) is 2.64. The van der Waals surface area contributed by atoms with Crippen LogP contribution >= 0.6 is 24.0 Å². The molecule has 0 radical (unpaired) electrons. The number of benzene rings is 2. The minimum atomic E-state index is -2.95. The van der Waals surface area contributed by atoms with E-state index in [9.17, 15) is 17.6 Å². The van der Waals surface area contributed by atoms with Gasteiger partial charge in [0.15, 0.2) is 5.96 Å². The first-order valence-electron chi connectivity index (χ1n) is 8.42. The lowest BCUT2D eigenvalue weighted by Gasteiger charge is -2.15. The van der Waals surface area contributed by atoms with Crippen LogP contribution in [0.5, 0.6) is 11.5 Å². The highest BCUT2D eigenvalue weighted by Crippen LogP contribution is 2.25. The fourth-order valence-corrected chi connectivity index (χ4v) is 2.51. The molecule has 0 aliphatic carbocycles. The maximum atomic E-state index is 13.2. The van der Waals surface area contributed by atoms with E-state index >= 15 is 0 Å². The fourth-order valence-electron chi connectivity index (χ4n) is 2.51. The minimum absolute atomic E-state index is 0. The fraction of sp³-hybridized carbons (Fsp3) is 0.316. The second-order valence-corrected chi connectivity index (χ2v) is 5.73. The van der Waals surface area contributed by atoms with Crippen LogP contribution in [0.3, 0.4) is 0 Å². The highest BCUT2D eigenvalue weighted by Gasteiger charge is 2.11.